The standard InChI is InChI=1S/C27H21N5O2/c1-34-20-9-10-23-21(15-20)24(32-14-12-19-6-4-13-28-27(19)32)16-31(23)17-26(33)30-25-11-8-18-5-2-3-7-22(18)29-25/h2-16H,17H2,1H3,(H,29,30,33). The monoisotopic (exact) mass is 447 g/mol. The molecule has 6 rings (SSSR count). The maximum Gasteiger partial charge on any atom is 0.245 e. The summed E-state index contributed by atoms with van der Waals surface area (Å²) in [6, 6.07) is 23.4. The Morgan fingerprint density at radius 3 is 2.79 bits per heavy atom. The predicted octanol–water partition coefficient (Wildman–Crippen LogP) is 5.18. The fourth-order valence-corrected chi connectivity index (χ4v) is 4.34. The maximum absolute atomic E-state index is 13.0. The third kappa shape index (κ3) is 3.44. The van der Waals surface area contributed by atoms with Crippen molar-refractivity contribution in [3.05, 3.63) is 91.4 Å². The highest BCUT2D eigenvalue weighted by Gasteiger charge is 2.16. The Bertz CT molecular complexity index is 1680. The summed E-state index contributed by atoms with van der Waals surface area (Å²) in [5.74, 6) is 1.13. The number of benzene rings is 2. The lowest BCUT2D eigenvalue weighted by atomic mass is 10.2. The Hall–Kier alpha value is -4.65. The molecule has 0 radical (unpaired) electrons. The minimum Gasteiger partial charge on any atom is -0.497 e. The summed E-state index contributed by atoms with van der Waals surface area (Å²) in [5.41, 5.74) is 3.55. The minimum atomic E-state index is -0.155. The van der Waals surface area contributed by atoms with Crippen LogP contribution in [0.3, 0.4) is 0 Å². The molecule has 0 saturated heterocycles. The topological polar surface area (TPSA) is 74.0 Å². The van der Waals surface area contributed by atoms with Gasteiger partial charge in [0.25, 0.3) is 0 Å². The van der Waals surface area contributed by atoms with Crippen LogP contribution in [0.15, 0.2) is 91.4 Å². The molecular weight excluding hydrogens is 426 g/mol. The van der Waals surface area contributed by atoms with Crippen LogP contribution in [0.2, 0.25) is 0 Å². The molecule has 0 aliphatic rings. The Morgan fingerprint density at radius 1 is 1.00 bits per heavy atom. The van der Waals surface area contributed by atoms with Gasteiger partial charge in [-0.25, -0.2) is 9.97 Å². The zero-order chi connectivity index (χ0) is 23.1. The van der Waals surface area contributed by atoms with Crippen LogP contribution in [0.1, 0.15) is 0 Å². The fraction of sp³-hybridized carbons (Fsp3) is 0.0741. The Kier molecular flexibility index (Phi) is 4.73. The highest BCUT2D eigenvalue weighted by Crippen LogP contribution is 2.31. The van der Waals surface area contributed by atoms with E-state index in [1.807, 2.05) is 94.3 Å². The summed E-state index contributed by atoms with van der Waals surface area (Å²) < 4.78 is 9.44. The number of nitrogens with one attached hydrogen (secondary N) is 1. The van der Waals surface area contributed by atoms with Crippen LogP contribution in [0.5, 0.6) is 5.75 Å². The normalized spacial score (nSPS) is 11.3. The fourth-order valence-electron chi connectivity index (χ4n) is 4.34. The molecule has 0 unspecified atom stereocenters. The molecule has 7 nitrogen and oxygen atoms in total. The summed E-state index contributed by atoms with van der Waals surface area (Å²) in [4.78, 5) is 22.1. The first kappa shape index (κ1) is 20.0. The third-order valence-electron chi connectivity index (χ3n) is 5.95. The lowest BCUT2D eigenvalue weighted by Gasteiger charge is -2.08. The van der Waals surface area contributed by atoms with Crippen LogP contribution in [0.25, 0.3) is 38.5 Å². The van der Waals surface area contributed by atoms with Gasteiger partial charge in [0.1, 0.15) is 23.8 Å². The number of methoxy groups -OCH3 is 1. The largest absolute Gasteiger partial charge is 0.497 e. The summed E-state index contributed by atoms with van der Waals surface area (Å²) in [6.45, 7) is 0.143. The number of hydrogen-bond donors (Lipinski definition) is 1. The smallest absolute Gasteiger partial charge is 0.245 e. The van der Waals surface area contributed by atoms with Gasteiger partial charge in [0.05, 0.1) is 23.8 Å². The van der Waals surface area contributed by atoms with E-state index in [1.165, 1.54) is 0 Å². The number of para-hydroxylation sites is 1. The number of fused-ring (bicyclic) bond motifs is 3. The quantitative estimate of drug-likeness (QED) is 0.395. The van der Waals surface area contributed by atoms with Gasteiger partial charge in [-0.1, -0.05) is 18.2 Å². The molecule has 4 aromatic heterocycles. The molecule has 7 heteroatoms. The van der Waals surface area contributed by atoms with Gasteiger partial charge in [0.15, 0.2) is 0 Å². The summed E-state index contributed by atoms with van der Waals surface area (Å²) in [7, 11) is 1.65. The number of rotatable bonds is 5. The van der Waals surface area contributed by atoms with E-state index in [0.29, 0.717) is 5.82 Å². The maximum atomic E-state index is 13.0. The van der Waals surface area contributed by atoms with E-state index in [-0.39, 0.29) is 12.5 Å². The van der Waals surface area contributed by atoms with Crippen LogP contribution in [0, 0.1) is 0 Å². The number of anilines is 1. The van der Waals surface area contributed by atoms with Crippen LogP contribution in [-0.4, -0.2) is 32.1 Å². The summed E-state index contributed by atoms with van der Waals surface area (Å²) in [5, 5.41) is 5.98. The van der Waals surface area contributed by atoms with Crippen molar-refractivity contribution in [1.82, 2.24) is 19.1 Å². The first-order chi connectivity index (χ1) is 16.7. The summed E-state index contributed by atoms with van der Waals surface area (Å²) in [6.07, 6.45) is 5.75. The van der Waals surface area contributed by atoms with Crippen molar-refractivity contribution >= 4 is 44.6 Å². The first-order valence-electron chi connectivity index (χ1n) is 10.9. The minimum absolute atomic E-state index is 0.143. The van der Waals surface area contributed by atoms with E-state index >= 15 is 0 Å². The number of carbonyl (C=O) groups is 1. The van der Waals surface area contributed by atoms with Gasteiger partial charge in [-0.2, -0.15) is 0 Å². The van der Waals surface area contributed by atoms with Gasteiger partial charge in [-0.05, 0) is 54.6 Å². The molecular formula is C27H21N5O2. The van der Waals surface area contributed by atoms with E-state index in [9.17, 15) is 4.79 Å². The number of hydrogen-bond acceptors (Lipinski definition) is 4. The Labute approximate surface area is 195 Å². The number of carbonyl (C=O) groups excluding carboxylic acids is 1. The summed E-state index contributed by atoms with van der Waals surface area (Å²) >= 11 is 0. The van der Waals surface area contributed by atoms with E-state index in [0.717, 1.165) is 44.3 Å². The van der Waals surface area contributed by atoms with Crippen molar-refractivity contribution in [2.75, 3.05) is 12.4 Å². The average molecular weight is 447 g/mol. The number of amides is 1. The highest BCUT2D eigenvalue weighted by atomic mass is 16.5. The van der Waals surface area contributed by atoms with Crippen molar-refractivity contribution in [2.45, 2.75) is 6.54 Å². The number of nitrogens with zero attached hydrogens (tertiary/aromatic N) is 4. The second-order valence-corrected chi connectivity index (χ2v) is 8.06. The third-order valence-corrected chi connectivity index (χ3v) is 5.95. The molecule has 2 aromatic carbocycles. The van der Waals surface area contributed by atoms with E-state index < -0.39 is 0 Å². The zero-order valence-electron chi connectivity index (χ0n) is 18.5. The second kappa shape index (κ2) is 8.04. The SMILES string of the molecule is COc1ccc2c(c1)c(-n1ccc3cccnc31)cn2CC(=O)Nc1ccc2ccccc2n1. The molecule has 0 fully saturated rings. The zero-order valence-corrected chi connectivity index (χ0v) is 18.5. The number of pyridine rings is 2. The molecule has 0 bridgehead atoms. The molecule has 0 spiro atoms. The molecule has 0 saturated carbocycles. The predicted molar refractivity (Wildman–Crippen MR) is 133 cm³/mol. The molecule has 1 amide bonds. The average Bonchev–Trinajstić information content (AvgIpc) is 3.45. The molecule has 1 N–H and O–H groups in total. The Morgan fingerprint density at radius 2 is 1.88 bits per heavy atom. The van der Waals surface area contributed by atoms with Crippen LogP contribution >= 0.6 is 0 Å². The van der Waals surface area contributed by atoms with Crippen molar-refractivity contribution in [3.63, 3.8) is 0 Å². The Balaban J connectivity index is 1.37. The van der Waals surface area contributed by atoms with Gasteiger partial charge in [0.2, 0.25) is 5.91 Å². The molecule has 0 aliphatic carbocycles. The molecule has 0 aliphatic heterocycles. The van der Waals surface area contributed by atoms with Crippen molar-refractivity contribution in [1.29, 1.82) is 0 Å². The number of aromatic nitrogens is 4. The molecule has 6 aromatic rings. The van der Waals surface area contributed by atoms with Gasteiger partial charge in [-0.15, -0.1) is 0 Å². The molecule has 34 heavy (non-hydrogen) atoms. The van der Waals surface area contributed by atoms with Gasteiger partial charge in [0, 0.05) is 34.7 Å². The number of ether oxygens (including phenoxy) is 1. The van der Waals surface area contributed by atoms with E-state index in [1.54, 1.807) is 13.3 Å². The van der Waals surface area contributed by atoms with Crippen LogP contribution in [-0.2, 0) is 11.3 Å². The van der Waals surface area contributed by atoms with Crippen molar-refractivity contribution in [3.8, 4) is 11.4 Å². The molecule has 4 heterocycles. The van der Waals surface area contributed by atoms with Crippen LogP contribution in [0.4, 0.5) is 5.82 Å². The second-order valence-electron chi connectivity index (χ2n) is 8.06. The lowest BCUT2D eigenvalue weighted by Crippen LogP contribution is -2.18. The van der Waals surface area contributed by atoms with Crippen molar-refractivity contribution < 1.29 is 9.53 Å². The lowest BCUT2D eigenvalue weighted by molar-refractivity contribution is -0.116. The van der Waals surface area contributed by atoms with Crippen molar-refractivity contribution in [2.24, 2.45) is 0 Å². The van der Waals surface area contributed by atoms with E-state index in [2.05, 4.69) is 15.3 Å². The molecule has 0 atom stereocenters. The van der Waals surface area contributed by atoms with Gasteiger partial charge < -0.3 is 14.6 Å². The first-order valence-corrected chi connectivity index (χ1v) is 10.9. The van der Waals surface area contributed by atoms with Crippen LogP contribution < -0.4 is 10.1 Å². The van der Waals surface area contributed by atoms with Gasteiger partial charge in [-0.3, -0.25) is 9.36 Å². The molecule has 166 valence electrons. The highest BCUT2D eigenvalue weighted by molar-refractivity contribution is 5.96. The van der Waals surface area contributed by atoms with Gasteiger partial charge >= 0.3 is 0 Å². The van der Waals surface area contributed by atoms with E-state index in [4.69, 9.17) is 4.74 Å².